The van der Waals surface area contributed by atoms with E-state index in [2.05, 4.69) is 45.1 Å². The third kappa shape index (κ3) is 4.15. The van der Waals surface area contributed by atoms with Gasteiger partial charge in [-0.2, -0.15) is 0 Å². The summed E-state index contributed by atoms with van der Waals surface area (Å²) in [7, 11) is 0. The van der Waals surface area contributed by atoms with Crippen LogP contribution in [0.1, 0.15) is 40.0 Å². The van der Waals surface area contributed by atoms with Crippen molar-refractivity contribution in [1.29, 1.82) is 0 Å². The molecule has 0 spiro atoms. The molecule has 0 atom stereocenters. The van der Waals surface area contributed by atoms with Crippen LogP contribution in [0.2, 0.25) is 0 Å². The zero-order valence-electron chi connectivity index (χ0n) is 11.2. The molecule has 2 aliphatic carbocycles. The molecule has 0 N–H and O–H groups in total. The molecule has 0 heterocycles. The van der Waals surface area contributed by atoms with E-state index in [9.17, 15) is 0 Å². The van der Waals surface area contributed by atoms with Crippen LogP contribution in [0.25, 0.3) is 0 Å². The monoisotopic (exact) mass is 359 g/mol. The van der Waals surface area contributed by atoms with E-state index < -0.39 is 0 Å². The van der Waals surface area contributed by atoms with Gasteiger partial charge < -0.3 is 24.8 Å². The molecule has 18 heavy (non-hydrogen) atoms. The third-order valence-electron chi connectivity index (χ3n) is 3.07. The van der Waals surface area contributed by atoms with Gasteiger partial charge in [-0.05, 0) is 0 Å². The minimum absolute atomic E-state index is 0. The molecule has 0 amide bonds. The molecule has 0 fully saturated rings. The van der Waals surface area contributed by atoms with Crippen molar-refractivity contribution in [3.05, 3.63) is 44.3 Å². The Morgan fingerprint density at radius 2 is 1.94 bits per heavy atom. The molecule has 2 aliphatic rings. The molecular weight excluding hydrogens is 342 g/mol. The maximum Gasteiger partial charge on any atom is -1.00 e. The number of allylic oxidation sites excluding steroid dienone is 8. The molecule has 0 nitrogen and oxygen atoms in total. The molecule has 0 unspecified atom stereocenters. The number of rotatable bonds is 3. The molecule has 0 radical (unpaired) electrons. The number of hydrogen-bond acceptors (Lipinski definition) is 0. The Morgan fingerprint density at radius 1 is 1.22 bits per heavy atom. The topological polar surface area (TPSA) is 0 Å². The van der Waals surface area contributed by atoms with Gasteiger partial charge in [-0.3, -0.25) is 0 Å². The van der Waals surface area contributed by atoms with Crippen LogP contribution in [-0.4, -0.2) is 3.21 Å². The summed E-state index contributed by atoms with van der Waals surface area (Å²) in [6.45, 7) is 6.92. The van der Waals surface area contributed by atoms with Crippen LogP contribution in [0.5, 0.6) is 0 Å². The van der Waals surface area contributed by atoms with E-state index in [4.69, 9.17) is 0 Å². The number of halogens is 2. The van der Waals surface area contributed by atoms with Crippen LogP contribution >= 0.6 is 0 Å². The first-order chi connectivity index (χ1) is 7.72. The van der Waals surface area contributed by atoms with Gasteiger partial charge in [-0.1, -0.05) is 0 Å². The summed E-state index contributed by atoms with van der Waals surface area (Å²) >= 11 is -0.385. The smallest absolute Gasteiger partial charge is 1.00 e. The molecule has 0 saturated heterocycles. The first kappa shape index (κ1) is 18.3. The van der Waals surface area contributed by atoms with Crippen LogP contribution in [0.3, 0.4) is 0 Å². The van der Waals surface area contributed by atoms with Gasteiger partial charge in [-0.25, -0.2) is 0 Å². The standard InChI is InChI=1S/C12H13.C3H6.2ClH.Zr/c1-2-10-8-5-9-12(10)11-6-3-4-7-11;1-3-2;;;/h3-4,6,9H,2,5,7H2,1H3;1-2H3;2*1H;/q;;;;+2/p-2. The minimum Gasteiger partial charge on any atom is -1.00 e. The van der Waals surface area contributed by atoms with Crippen LogP contribution in [0.4, 0.5) is 0 Å². The summed E-state index contributed by atoms with van der Waals surface area (Å²) in [6.07, 6.45) is 12.8. The van der Waals surface area contributed by atoms with Gasteiger partial charge in [0.05, 0.1) is 0 Å². The van der Waals surface area contributed by atoms with Crippen LogP contribution in [0, 0.1) is 0 Å². The van der Waals surface area contributed by atoms with Gasteiger partial charge in [-0.15, -0.1) is 0 Å². The average molecular weight is 361 g/mol. The van der Waals surface area contributed by atoms with Gasteiger partial charge in [0.2, 0.25) is 0 Å². The SMILES string of the molecule is CCC1=[C]([Zr+2]=[C](C)C)CC=C1C1=CC=CC1.[Cl-].[Cl-]. The fraction of sp³-hybridized carbons (Fsp3) is 0.400. The normalized spacial score (nSPS) is 16.6. The molecule has 0 aromatic rings. The fourth-order valence-corrected chi connectivity index (χ4v) is 5.54. The molecule has 0 aromatic carbocycles. The van der Waals surface area contributed by atoms with E-state index in [0.29, 0.717) is 0 Å². The van der Waals surface area contributed by atoms with E-state index in [0.717, 1.165) is 6.42 Å². The second-order valence-electron chi connectivity index (χ2n) is 4.58. The van der Waals surface area contributed by atoms with Gasteiger partial charge in [0.1, 0.15) is 0 Å². The van der Waals surface area contributed by atoms with E-state index in [1.54, 1.807) is 19.9 Å². The van der Waals surface area contributed by atoms with Crippen molar-refractivity contribution in [2.45, 2.75) is 40.0 Å². The molecular formula is C15H19Cl2Zr. The molecule has 2 rings (SSSR count). The summed E-state index contributed by atoms with van der Waals surface area (Å²) in [6, 6.07) is 0. The molecule has 0 bridgehead atoms. The summed E-state index contributed by atoms with van der Waals surface area (Å²) < 4.78 is 3.51. The summed E-state index contributed by atoms with van der Waals surface area (Å²) in [4.78, 5) is 0. The van der Waals surface area contributed by atoms with Crippen LogP contribution < -0.4 is 24.8 Å². The van der Waals surface area contributed by atoms with Crippen molar-refractivity contribution < 1.29 is 47.6 Å². The first-order valence-electron chi connectivity index (χ1n) is 6.08. The summed E-state index contributed by atoms with van der Waals surface area (Å²) in [5, 5.41) is 0. The maximum absolute atomic E-state index is 2.47. The van der Waals surface area contributed by atoms with Crippen molar-refractivity contribution in [1.82, 2.24) is 0 Å². The van der Waals surface area contributed by atoms with E-state index in [-0.39, 0.29) is 47.6 Å². The summed E-state index contributed by atoms with van der Waals surface area (Å²) in [5.74, 6) is 0. The van der Waals surface area contributed by atoms with E-state index in [1.165, 1.54) is 12.8 Å². The van der Waals surface area contributed by atoms with E-state index in [1.807, 2.05) is 3.28 Å². The second kappa shape index (κ2) is 8.46. The Kier molecular flexibility index (Phi) is 8.60. The Morgan fingerprint density at radius 3 is 2.44 bits per heavy atom. The quantitative estimate of drug-likeness (QED) is 0.555. The van der Waals surface area contributed by atoms with Gasteiger partial charge >= 0.3 is 110 Å². The maximum atomic E-state index is 2.47. The molecule has 0 aliphatic heterocycles. The van der Waals surface area contributed by atoms with E-state index >= 15 is 0 Å². The zero-order chi connectivity index (χ0) is 11.5. The Balaban J connectivity index is 0.00000144. The average Bonchev–Trinajstić information content (AvgIpc) is 2.84. The van der Waals surface area contributed by atoms with Crippen molar-refractivity contribution in [3.63, 3.8) is 0 Å². The van der Waals surface area contributed by atoms with Crippen molar-refractivity contribution >= 4 is 3.21 Å². The predicted molar refractivity (Wildman–Crippen MR) is 68.2 cm³/mol. The van der Waals surface area contributed by atoms with Crippen molar-refractivity contribution in [2.24, 2.45) is 0 Å². The van der Waals surface area contributed by atoms with Crippen molar-refractivity contribution in [2.75, 3.05) is 0 Å². The molecule has 0 aromatic heterocycles. The Bertz CT molecular complexity index is 447. The van der Waals surface area contributed by atoms with Gasteiger partial charge in [0.25, 0.3) is 0 Å². The van der Waals surface area contributed by atoms with Crippen molar-refractivity contribution in [3.8, 4) is 0 Å². The Hall–Kier alpha value is 0.293. The third-order valence-corrected chi connectivity index (χ3v) is 6.29. The fourth-order valence-electron chi connectivity index (χ4n) is 2.42. The largest absolute Gasteiger partial charge is 1.00 e. The van der Waals surface area contributed by atoms with Gasteiger partial charge in [0, 0.05) is 0 Å². The number of hydrogen-bond donors (Lipinski definition) is 0. The van der Waals surface area contributed by atoms with Gasteiger partial charge in [0.15, 0.2) is 0 Å². The first-order valence-corrected chi connectivity index (χ1v) is 8.54. The molecule has 0 saturated carbocycles. The zero-order valence-corrected chi connectivity index (χ0v) is 15.2. The molecule has 3 heteroatoms. The summed E-state index contributed by atoms with van der Waals surface area (Å²) in [5.41, 5.74) is 4.80. The Labute approximate surface area is 134 Å². The predicted octanol–water partition coefficient (Wildman–Crippen LogP) is -1.83. The second-order valence-corrected chi connectivity index (χ2v) is 9.14. The van der Waals surface area contributed by atoms with Crippen LogP contribution in [-0.2, 0) is 22.8 Å². The minimum atomic E-state index is -0.385. The molecule has 97 valence electrons. The van der Waals surface area contributed by atoms with Crippen LogP contribution in [0.15, 0.2) is 44.3 Å².